The Morgan fingerprint density at radius 1 is 1.00 bits per heavy atom. The van der Waals surface area contributed by atoms with Gasteiger partial charge in [0.25, 0.3) is 0 Å². The minimum absolute atomic E-state index is 0. The molecule has 0 aliphatic heterocycles. The molecule has 0 aromatic heterocycles. The first-order chi connectivity index (χ1) is 7.19. The van der Waals surface area contributed by atoms with Crippen LogP contribution in [0.25, 0.3) is 0 Å². The Balaban J connectivity index is -0.000000187. The van der Waals surface area contributed by atoms with Gasteiger partial charge in [0.05, 0.1) is 13.2 Å². The van der Waals surface area contributed by atoms with Crippen molar-refractivity contribution in [2.24, 2.45) is 0 Å². The maximum Gasteiger partial charge on any atom is 1.00 e. The van der Waals surface area contributed by atoms with Crippen LogP contribution in [0.3, 0.4) is 0 Å². The van der Waals surface area contributed by atoms with E-state index in [9.17, 15) is 9.67 Å². The zero-order valence-electron chi connectivity index (χ0n) is 12.1. The van der Waals surface area contributed by atoms with E-state index in [1.165, 1.54) is 0 Å². The van der Waals surface area contributed by atoms with Crippen molar-refractivity contribution in [3.8, 4) is 0 Å². The zero-order valence-corrected chi connectivity index (χ0v) is 15.0. The van der Waals surface area contributed by atoms with E-state index in [0.717, 1.165) is 0 Å². The van der Waals surface area contributed by atoms with Gasteiger partial charge in [-0.15, -0.1) is 0 Å². The van der Waals surface area contributed by atoms with Crippen molar-refractivity contribution in [3.63, 3.8) is 0 Å². The SMILES string of the molecule is O=P(O)(O)OC[C@@H](O)[C@@H](O)[C@H](O)[C@H](O)CO.[H-].[H-].[Na+].[Na+]. The third kappa shape index (κ3) is 10.7. The molecule has 4 atom stereocenters. The first-order valence-electron chi connectivity index (χ1n) is 4.22. The Bertz CT molecular complexity index is 259. The van der Waals surface area contributed by atoms with Crippen molar-refractivity contribution in [1.29, 1.82) is 0 Å². The van der Waals surface area contributed by atoms with E-state index in [-0.39, 0.29) is 62.0 Å². The van der Waals surface area contributed by atoms with Crippen LogP contribution in [-0.2, 0) is 9.09 Å². The summed E-state index contributed by atoms with van der Waals surface area (Å²) in [7, 11) is -4.78. The average molecular weight is 310 g/mol. The van der Waals surface area contributed by atoms with Gasteiger partial charge in [-0.05, 0) is 0 Å². The van der Waals surface area contributed by atoms with Crippen LogP contribution in [0.4, 0.5) is 0 Å². The second kappa shape index (κ2) is 11.6. The minimum atomic E-state index is -4.78. The van der Waals surface area contributed by atoms with Crippen molar-refractivity contribution in [3.05, 3.63) is 0 Å². The predicted octanol–water partition coefficient (Wildman–Crippen LogP) is -9.24. The van der Waals surface area contributed by atoms with Gasteiger partial charge in [0.1, 0.15) is 24.4 Å². The van der Waals surface area contributed by atoms with Crippen LogP contribution in [0, 0.1) is 0 Å². The third-order valence-corrected chi connectivity index (χ3v) is 2.22. The van der Waals surface area contributed by atoms with Crippen LogP contribution in [0.5, 0.6) is 0 Å². The molecule has 0 spiro atoms. The number of hydrogen-bond donors (Lipinski definition) is 7. The van der Waals surface area contributed by atoms with E-state index in [1.807, 2.05) is 0 Å². The molecule has 0 saturated heterocycles. The van der Waals surface area contributed by atoms with Gasteiger partial charge in [-0.3, -0.25) is 4.52 Å². The van der Waals surface area contributed by atoms with Crippen LogP contribution < -0.4 is 59.1 Å². The second-order valence-electron chi connectivity index (χ2n) is 3.08. The molecule has 102 valence electrons. The summed E-state index contributed by atoms with van der Waals surface area (Å²) in [4.78, 5) is 16.6. The molecule has 0 bridgehead atoms. The van der Waals surface area contributed by atoms with E-state index in [1.54, 1.807) is 0 Å². The van der Waals surface area contributed by atoms with E-state index in [2.05, 4.69) is 4.52 Å². The molecule has 0 unspecified atom stereocenters. The number of phosphoric acid groups is 1. The number of phosphoric ester groups is 1. The summed E-state index contributed by atoms with van der Waals surface area (Å²) in [5.41, 5.74) is 0. The van der Waals surface area contributed by atoms with Gasteiger partial charge in [0.2, 0.25) is 0 Å². The van der Waals surface area contributed by atoms with E-state index in [4.69, 9.17) is 30.2 Å². The van der Waals surface area contributed by atoms with Crippen LogP contribution >= 0.6 is 7.82 Å². The van der Waals surface area contributed by atoms with Gasteiger partial charge in [-0.1, -0.05) is 0 Å². The molecule has 0 aromatic rings. The first kappa shape index (κ1) is 24.9. The molecule has 0 rings (SSSR count). The van der Waals surface area contributed by atoms with E-state index >= 15 is 0 Å². The van der Waals surface area contributed by atoms with Crippen molar-refractivity contribution >= 4 is 7.82 Å². The Kier molecular flexibility index (Phi) is 16.0. The Hall–Kier alpha value is 1.91. The quantitative estimate of drug-likeness (QED) is 0.178. The van der Waals surface area contributed by atoms with Crippen LogP contribution in [-0.4, -0.2) is 72.9 Å². The Morgan fingerprint density at radius 2 is 1.39 bits per heavy atom. The standard InChI is InChI=1S/C6H15O9P.2Na.2H/c7-1-3(8)5(10)6(11)4(9)2-15-16(12,13)14;;;;/h3-11H,1-2H2,(H2,12,13,14);;;;/q;2*+1;2*-1/t3-,4-,5-,6-;;;;/m1..../s1. The third-order valence-electron chi connectivity index (χ3n) is 1.74. The summed E-state index contributed by atoms with van der Waals surface area (Å²) in [5.74, 6) is 0. The zero-order chi connectivity index (χ0) is 12.9. The number of rotatable bonds is 7. The Labute approximate surface area is 151 Å². The molecule has 0 aliphatic carbocycles. The molecule has 9 nitrogen and oxygen atoms in total. The fraction of sp³-hybridized carbons (Fsp3) is 1.00. The normalized spacial score (nSPS) is 17.9. The largest absolute Gasteiger partial charge is 1.00 e. The van der Waals surface area contributed by atoms with Gasteiger partial charge in [-0.2, -0.15) is 0 Å². The van der Waals surface area contributed by atoms with Crippen LogP contribution in [0.15, 0.2) is 0 Å². The van der Waals surface area contributed by atoms with Gasteiger partial charge >= 0.3 is 66.9 Å². The fourth-order valence-corrected chi connectivity index (χ4v) is 1.18. The van der Waals surface area contributed by atoms with Crippen molar-refractivity contribution < 1.29 is 106 Å². The number of aliphatic hydroxyl groups is 5. The first-order valence-corrected chi connectivity index (χ1v) is 5.75. The van der Waals surface area contributed by atoms with E-state index in [0.29, 0.717) is 0 Å². The van der Waals surface area contributed by atoms with E-state index < -0.39 is 45.5 Å². The van der Waals surface area contributed by atoms with Gasteiger partial charge in [0.15, 0.2) is 0 Å². The van der Waals surface area contributed by atoms with Crippen LogP contribution in [0.2, 0.25) is 0 Å². The summed E-state index contributed by atoms with van der Waals surface area (Å²) < 4.78 is 14.1. The maximum atomic E-state index is 10.2. The van der Waals surface area contributed by atoms with Crippen molar-refractivity contribution in [2.75, 3.05) is 13.2 Å². The van der Waals surface area contributed by atoms with Gasteiger partial charge < -0.3 is 38.2 Å². The fourth-order valence-electron chi connectivity index (χ4n) is 0.835. The average Bonchev–Trinajstić information content (AvgIpc) is 2.21. The summed E-state index contributed by atoms with van der Waals surface area (Å²) in [6.07, 6.45) is -7.27. The van der Waals surface area contributed by atoms with Crippen molar-refractivity contribution in [1.82, 2.24) is 0 Å². The monoisotopic (exact) mass is 310 g/mol. The molecule has 7 N–H and O–H groups in total. The topological polar surface area (TPSA) is 168 Å². The smallest absolute Gasteiger partial charge is 1.00 e. The summed E-state index contributed by atoms with van der Waals surface area (Å²) >= 11 is 0. The minimum Gasteiger partial charge on any atom is -1.00 e. The molecule has 0 fully saturated rings. The molecule has 0 aliphatic rings. The summed E-state index contributed by atoms with van der Waals surface area (Å²) in [6.45, 7) is -1.77. The molecule has 0 amide bonds. The van der Waals surface area contributed by atoms with Crippen LogP contribution in [0.1, 0.15) is 2.85 Å². The number of aliphatic hydroxyl groups excluding tert-OH is 5. The summed E-state index contributed by atoms with van der Waals surface area (Å²) in [5, 5.41) is 44.8. The maximum absolute atomic E-state index is 10.2. The van der Waals surface area contributed by atoms with Gasteiger partial charge in [0, 0.05) is 0 Å². The molecule has 0 aromatic carbocycles. The number of hydrogen-bond acceptors (Lipinski definition) is 7. The van der Waals surface area contributed by atoms with Gasteiger partial charge in [-0.25, -0.2) is 4.57 Å². The molecular formula is C6H17Na2O9P. The van der Waals surface area contributed by atoms with Crippen molar-refractivity contribution in [2.45, 2.75) is 24.4 Å². The molecule has 0 radical (unpaired) electrons. The second-order valence-corrected chi connectivity index (χ2v) is 4.32. The molecule has 0 saturated carbocycles. The Morgan fingerprint density at radius 3 is 1.72 bits per heavy atom. The molecule has 0 heterocycles. The molecule has 18 heavy (non-hydrogen) atoms. The summed E-state index contributed by atoms with van der Waals surface area (Å²) in [6, 6.07) is 0. The molecular weight excluding hydrogens is 293 g/mol. The predicted molar refractivity (Wildman–Crippen MR) is 51.3 cm³/mol. The molecule has 12 heteroatoms.